The minimum absolute atomic E-state index is 0.0622. The molecule has 5 heteroatoms. The molecule has 1 aromatic carbocycles. The highest BCUT2D eigenvalue weighted by molar-refractivity contribution is 6.31. The smallest absolute Gasteiger partial charge is 0.240 e. The maximum Gasteiger partial charge on any atom is 0.240 e. The number of aromatic nitrogens is 1. The van der Waals surface area contributed by atoms with Crippen LogP contribution in [0.1, 0.15) is 26.7 Å². The summed E-state index contributed by atoms with van der Waals surface area (Å²) in [7, 11) is 0. The zero-order valence-corrected chi connectivity index (χ0v) is 13.2. The minimum Gasteiger partial charge on any atom is -0.396 e. The van der Waals surface area contributed by atoms with Crippen molar-refractivity contribution in [3.63, 3.8) is 0 Å². The number of aliphatic hydroxyl groups is 1. The third kappa shape index (κ3) is 3.77. The molecule has 1 heterocycles. The van der Waals surface area contributed by atoms with Crippen LogP contribution in [0.2, 0.25) is 5.02 Å². The molecular weight excluding hydrogens is 288 g/mol. The molecule has 2 aromatic rings. The van der Waals surface area contributed by atoms with Gasteiger partial charge in [0.1, 0.15) is 6.54 Å². The predicted molar refractivity (Wildman–Crippen MR) is 85.5 cm³/mol. The summed E-state index contributed by atoms with van der Waals surface area (Å²) in [6.07, 6.45) is 3.21. The van der Waals surface area contributed by atoms with E-state index in [0.717, 1.165) is 17.3 Å². The highest BCUT2D eigenvalue weighted by Gasteiger charge is 2.23. The summed E-state index contributed by atoms with van der Waals surface area (Å²) in [4.78, 5) is 12.2. The van der Waals surface area contributed by atoms with Crippen LogP contribution >= 0.6 is 11.6 Å². The number of halogens is 1. The van der Waals surface area contributed by atoms with Crippen molar-refractivity contribution in [2.45, 2.75) is 38.8 Å². The molecular formula is C16H21ClN2O2. The van der Waals surface area contributed by atoms with E-state index in [-0.39, 0.29) is 24.6 Å². The van der Waals surface area contributed by atoms with Gasteiger partial charge in [0.25, 0.3) is 0 Å². The Bertz CT molecular complexity index is 638. The highest BCUT2D eigenvalue weighted by atomic mass is 35.5. The van der Waals surface area contributed by atoms with E-state index in [0.29, 0.717) is 11.4 Å². The fourth-order valence-electron chi connectivity index (χ4n) is 2.40. The van der Waals surface area contributed by atoms with Crippen LogP contribution in [-0.4, -0.2) is 27.7 Å². The average Bonchev–Trinajstić information content (AvgIpc) is 2.81. The van der Waals surface area contributed by atoms with Crippen molar-refractivity contribution in [3.05, 3.63) is 35.5 Å². The van der Waals surface area contributed by atoms with Crippen LogP contribution in [0.25, 0.3) is 10.9 Å². The largest absolute Gasteiger partial charge is 0.396 e. The van der Waals surface area contributed by atoms with Gasteiger partial charge < -0.3 is 15.0 Å². The van der Waals surface area contributed by atoms with Crippen molar-refractivity contribution in [2.24, 2.45) is 0 Å². The van der Waals surface area contributed by atoms with E-state index in [1.807, 2.05) is 48.9 Å². The van der Waals surface area contributed by atoms with E-state index in [1.54, 1.807) is 0 Å². The number of rotatable bonds is 6. The first-order valence-corrected chi connectivity index (χ1v) is 7.51. The van der Waals surface area contributed by atoms with Gasteiger partial charge in [-0.05, 0) is 43.4 Å². The fraction of sp³-hybridized carbons (Fsp3) is 0.438. The molecule has 1 atom stereocenters. The summed E-state index contributed by atoms with van der Waals surface area (Å²) in [5.74, 6) is -0.0646. The molecule has 0 radical (unpaired) electrons. The van der Waals surface area contributed by atoms with Gasteiger partial charge in [0.2, 0.25) is 5.91 Å². The second-order valence-corrected chi connectivity index (χ2v) is 6.02. The number of benzene rings is 1. The SMILES string of the molecule is CCC(C)(CCO)NC(=O)Cn1ccc2ccc(Cl)cc21. The van der Waals surface area contributed by atoms with Gasteiger partial charge in [0.15, 0.2) is 0 Å². The molecule has 0 aliphatic heterocycles. The zero-order chi connectivity index (χ0) is 15.5. The molecule has 1 aromatic heterocycles. The van der Waals surface area contributed by atoms with Crippen LogP contribution in [0.3, 0.4) is 0 Å². The molecule has 4 nitrogen and oxygen atoms in total. The minimum atomic E-state index is -0.369. The number of nitrogens with one attached hydrogen (secondary N) is 1. The summed E-state index contributed by atoms with van der Waals surface area (Å²) < 4.78 is 1.88. The molecule has 114 valence electrons. The van der Waals surface area contributed by atoms with Crippen LogP contribution in [0.5, 0.6) is 0 Å². The number of carbonyl (C=O) groups excluding carboxylic acids is 1. The lowest BCUT2D eigenvalue weighted by atomic mass is 9.95. The summed E-state index contributed by atoms with van der Waals surface area (Å²) in [5, 5.41) is 13.8. The molecule has 1 amide bonds. The Morgan fingerprint density at radius 3 is 2.86 bits per heavy atom. The first-order valence-electron chi connectivity index (χ1n) is 7.14. The van der Waals surface area contributed by atoms with Crippen molar-refractivity contribution in [1.82, 2.24) is 9.88 Å². The summed E-state index contributed by atoms with van der Waals surface area (Å²) in [5.41, 5.74) is 0.574. The van der Waals surface area contributed by atoms with Crippen molar-refractivity contribution < 1.29 is 9.90 Å². The molecule has 0 spiro atoms. The number of nitrogens with zero attached hydrogens (tertiary/aromatic N) is 1. The molecule has 1 unspecified atom stereocenters. The monoisotopic (exact) mass is 308 g/mol. The zero-order valence-electron chi connectivity index (χ0n) is 12.4. The lowest BCUT2D eigenvalue weighted by Gasteiger charge is -2.29. The first kappa shape index (κ1) is 15.9. The number of hydrogen-bond donors (Lipinski definition) is 2. The highest BCUT2D eigenvalue weighted by Crippen LogP contribution is 2.21. The van der Waals surface area contributed by atoms with Gasteiger partial charge in [-0.15, -0.1) is 0 Å². The van der Waals surface area contributed by atoms with Crippen molar-refractivity contribution in [2.75, 3.05) is 6.61 Å². The van der Waals surface area contributed by atoms with Crippen LogP contribution in [0.15, 0.2) is 30.5 Å². The van der Waals surface area contributed by atoms with Crippen LogP contribution in [0, 0.1) is 0 Å². The third-order valence-corrected chi connectivity index (χ3v) is 4.17. The Labute approximate surface area is 129 Å². The lowest BCUT2D eigenvalue weighted by Crippen LogP contribution is -2.47. The Hall–Kier alpha value is -1.52. The molecule has 0 aliphatic carbocycles. The van der Waals surface area contributed by atoms with Crippen LogP contribution in [0.4, 0.5) is 0 Å². The number of carbonyl (C=O) groups is 1. The fourth-order valence-corrected chi connectivity index (χ4v) is 2.57. The van der Waals surface area contributed by atoms with Crippen molar-refractivity contribution in [3.8, 4) is 0 Å². The molecule has 0 fully saturated rings. The molecule has 2 N–H and O–H groups in total. The summed E-state index contributed by atoms with van der Waals surface area (Å²) in [6.45, 7) is 4.25. The van der Waals surface area contributed by atoms with E-state index in [9.17, 15) is 4.79 Å². The third-order valence-electron chi connectivity index (χ3n) is 3.94. The Morgan fingerprint density at radius 1 is 1.43 bits per heavy atom. The van der Waals surface area contributed by atoms with Gasteiger partial charge in [-0.25, -0.2) is 0 Å². The molecule has 21 heavy (non-hydrogen) atoms. The van der Waals surface area contributed by atoms with E-state index in [2.05, 4.69) is 5.32 Å². The van der Waals surface area contributed by atoms with E-state index in [4.69, 9.17) is 16.7 Å². The molecule has 0 aliphatic rings. The summed E-state index contributed by atoms with van der Waals surface area (Å²) >= 11 is 6.01. The maximum absolute atomic E-state index is 12.2. The van der Waals surface area contributed by atoms with E-state index < -0.39 is 0 Å². The van der Waals surface area contributed by atoms with Crippen LogP contribution in [-0.2, 0) is 11.3 Å². The van der Waals surface area contributed by atoms with Crippen LogP contribution < -0.4 is 5.32 Å². The van der Waals surface area contributed by atoms with Crippen molar-refractivity contribution in [1.29, 1.82) is 0 Å². The van der Waals surface area contributed by atoms with E-state index in [1.165, 1.54) is 0 Å². The normalized spacial score (nSPS) is 14.1. The average molecular weight is 309 g/mol. The molecule has 0 saturated heterocycles. The quantitative estimate of drug-likeness (QED) is 0.862. The second-order valence-electron chi connectivity index (χ2n) is 5.58. The number of fused-ring (bicyclic) bond motifs is 1. The predicted octanol–water partition coefficient (Wildman–Crippen LogP) is 2.96. The second kappa shape index (κ2) is 6.50. The number of hydrogen-bond acceptors (Lipinski definition) is 2. The summed E-state index contributed by atoms with van der Waals surface area (Å²) in [6, 6.07) is 7.60. The topological polar surface area (TPSA) is 54.3 Å². The number of amides is 1. The Balaban J connectivity index is 2.13. The van der Waals surface area contributed by atoms with Gasteiger partial charge in [-0.1, -0.05) is 24.6 Å². The van der Waals surface area contributed by atoms with E-state index >= 15 is 0 Å². The molecule has 0 bridgehead atoms. The molecule has 2 rings (SSSR count). The Kier molecular flexibility index (Phi) is 4.91. The van der Waals surface area contributed by atoms with Gasteiger partial charge >= 0.3 is 0 Å². The molecule has 0 saturated carbocycles. The van der Waals surface area contributed by atoms with Gasteiger partial charge in [-0.3, -0.25) is 4.79 Å². The maximum atomic E-state index is 12.2. The lowest BCUT2D eigenvalue weighted by molar-refractivity contribution is -0.123. The Morgan fingerprint density at radius 2 is 2.19 bits per heavy atom. The van der Waals surface area contributed by atoms with Gasteiger partial charge in [0.05, 0.1) is 0 Å². The van der Waals surface area contributed by atoms with Crippen molar-refractivity contribution >= 4 is 28.4 Å². The number of aliphatic hydroxyl groups excluding tert-OH is 1. The standard InChI is InChI=1S/C16H21ClN2O2/c1-3-16(2,7-9-20)18-15(21)11-19-8-6-12-4-5-13(17)10-14(12)19/h4-6,8,10,20H,3,7,9,11H2,1-2H3,(H,18,21). The van der Waals surface area contributed by atoms with Gasteiger partial charge in [0, 0.05) is 28.9 Å². The van der Waals surface area contributed by atoms with Gasteiger partial charge in [-0.2, -0.15) is 0 Å². The first-order chi connectivity index (χ1) is 9.97.